The van der Waals surface area contributed by atoms with Gasteiger partial charge >= 0.3 is 6.43 Å². The summed E-state index contributed by atoms with van der Waals surface area (Å²) in [5, 5.41) is 15.6. The average molecular weight is 480 g/mol. The Balaban J connectivity index is 1.18. The summed E-state index contributed by atoms with van der Waals surface area (Å²) in [7, 11) is 0. The summed E-state index contributed by atoms with van der Waals surface area (Å²) in [6.07, 6.45) is -0.866. The minimum absolute atomic E-state index is 0.0709. The average Bonchev–Trinajstić information content (AvgIpc) is 3.56. The highest BCUT2D eigenvalue weighted by Gasteiger charge is 2.17. The van der Waals surface area contributed by atoms with Crippen LogP contribution < -0.4 is 0 Å². The van der Waals surface area contributed by atoms with Crippen molar-refractivity contribution in [2.24, 2.45) is 0 Å². The predicted octanol–water partition coefficient (Wildman–Crippen LogP) is 4.12. The first-order valence-electron chi connectivity index (χ1n) is 11.7. The Kier molecular flexibility index (Phi) is 6.91. The van der Waals surface area contributed by atoms with Crippen LogP contribution in [0.1, 0.15) is 30.4 Å². The number of benzene rings is 2. The summed E-state index contributed by atoms with van der Waals surface area (Å²) >= 11 is 0. The molecule has 1 aliphatic heterocycles. The highest BCUT2D eigenvalue weighted by atomic mass is 19.3. The molecule has 0 bridgehead atoms. The van der Waals surface area contributed by atoms with E-state index < -0.39 is 12.3 Å². The number of hydrogen-bond donors (Lipinski definition) is 0. The summed E-state index contributed by atoms with van der Waals surface area (Å²) < 4.78 is 32.1. The molecular formula is C25H27F2N7O. The molecule has 0 unspecified atom stereocenters. The molecule has 1 aliphatic rings. The fraction of sp³-hybridized carbons (Fsp3) is 0.360. The van der Waals surface area contributed by atoms with Gasteiger partial charge in [-0.15, -0.1) is 15.3 Å². The van der Waals surface area contributed by atoms with Gasteiger partial charge in [-0.3, -0.25) is 4.90 Å². The van der Waals surface area contributed by atoms with Crippen molar-refractivity contribution >= 4 is 0 Å². The van der Waals surface area contributed by atoms with Gasteiger partial charge in [-0.2, -0.15) is 8.78 Å². The van der Waals surface area contributed by atoms with Gasteiger partial charge in [0.05, 0.1) is 12.7 Å². The van der Waals surface area contributed by atoms with E-state index in [2.05, 4.69) is 61.5 Å². The van der Waals surface area contributed by atoms with E-state index in [9.17, 15) is 8.78 Å². The van der Waals surface area contributed by atoms with Crippen molar-refractivity contribution in [1.29, 1.82) is 0 Å². The maximum absolute atomic E-state index is 12.7. The Labute approximate surface area is 202 Å². The largest absolute Gasteiger partial charge is 0.415 e. The molecule has 35 heavy (non-hydrogen) atoms. The maximum atomic E-state index is 12.7. The summed E-state index contributed by atoms with van der Waals surface area (Å²) in [4.78, 5) is 4.98. The molecular weight excluding hydrogens is 452 g/mol. The molecule has 0 spiro atoms. The molecule has 1 saturated heterocycles. The Hall–Kier alpha value is -3.50. The number of halogens is 2. The van der Waals surface area contributed by atoms with Crippen LogP contribution in [0.4, 0.5) is 8.78 Å². The molecule has 0 aliphatic carbocycles. The molecule has 0 atom stereocenters. The number of hydrogen-bond acceptors (Lipinski definition) is 7. The minimum Gasteiger partial charge on any atom is -0.415 e. The van der Waals surface area contributed by atoms with E-state index in [1.54, 1.807) is 16.8 Å². The maximum Gasteiger partial charge on any atom is 0.314 e. The first kappa shape index (κ1) is 23.3. The van der Waals surface area contributed by atoms with E-state index in [-0.39, 0.29) is 5.89 Å². The molecule has 3 heterocycles. The molecule has 0 N–H and O–H groups in total. The van der Waals surface area contributed by atoms with E-state index in [1.165, 1.54) is 5.56 Å². The molecule has 8 nitrogen and oxygen atoms in total. The molecule has 0 amide bonds. The van der Waals surface area contributed by atoms with Gasteiger partial charge in [0.2, 0.25) is 5.89 Å². The second kappa shape index (κ2) is 10.4. The van der Waals surface area contributed by atoms with Crippen molar-refractivity contribution in [1.82, 2.24) is 35.0 Å². The van der Waals surface area contributed by atoms with Crippen LogP contribution in [0.25, 0.3) is 22.7 Å². The lowest BCUT2D eigenvalue weighted by Gasteiger charge is -2.34. The molecule has 10 heteroatoms. The molecule has 4 aromatic rings. The second-order valence-electron chi connectivity index (χ2n) is 8.65. The molecule has 0 saturated carbocycles. The number of likely N-dealkylation sites (N-methyl/N-ethyl adjacent to an activating group) is 1. The van der Waals surface area contributed by atoms with Gasteiger partial charge in [0.25, 0.3) is 5.89 Å². The van der Waals surface area contributed by atoms with Gasteiger partial charge in [0, 0.05) is 43.9 Å². The summed E-state index contributed by atoms with van der Waals surface area (Å²) in [6, 6.07) is 15.8. The summed E-state index contributed by atoms with van der Waals surface area (Å²) in [5.74, 6) is -0.608. The monoisotopic (exact) mass is 479 g/mol. The Bertz CT molecular complexity index is 1230. The summed E-state index contributed by atoms with van der Waals surface area (Å²) in [6.45, 7) is 9.32. The fourth-order valence-electron chi connectivity index (χ4n) is 4.19. The highest BCUT2D eigenvalue weighted by molar-refractivity contribution is 5.58. The van der Waals surface area contributed by atoms with Crippen LogP contribution in [0.15, 0.2) is 59.1 Å². The smallest absolute Gasteiger partial charge is 0.314 e. The molecule has 5 rings (SSSR count). The van der Waals surface area contributed by atoms with Crippen molar-refractivity contribution in [3.63, 3.8) is 0 Å². The lowest BCUT2D eigenvalue weighted by Crippen LogP contribution is -2.45. The molecule has 2 aromatic heterocycles. The van der Waals surface area contributed by atoms with Crippen LogP contribution >= 0.6 is 0 Å². The third-order valence-corrected chi connectivity index (χ3v) is 6.28. The number of piperazine rings is 1. The minimum atomic E-state index is -2.78. The van der Waals surface area contributed by atoms with Crippen LogP contribution in [0, 0.1) is 0 Å². The number of alkyl halides is 2. The quantitative estimate of drug-likeness (QED) is 0.376. The van der Waals surface area contributed by atoms with Crippen molar-refractivity contribution in [3.8, 4) is 22.7 Å². The zero-order valence-corrected chi connectivity index (χ0v) is 19.5. The van der Waals surface area contributed by atoms with Gasteiger partial charge in [-0.05, 0) is 29.8 Å². The third kappa shape index (κ3) is 5.60. The van der Waals surface area contributed by atoms with Crippen LogP contribution in [-0.2, 0) is 13.1 Å². The normalized spacial score (nSPS) is 15.2. The first-order chi connectivity index (χ1) is 17.1. The predicted molar refractivity (Wildman–Crippen MR) is 127 cm³/mol. The van der Waals surface area contributed by atoms with Crippen molar-refractivity contribution in [2.45, 2.75) is 26.4 Å². The Morgan fingerprint density at radius 1 is 0.800 bits per heavy atom. The van der Waals surface area contributed by atoms with Gasteiger partial charge in [-0.1, -0.05) is 48.5 Å². The van der Waals surface area contributed by atoms with Gasteiger partial charge < -0.3 is 9.32 Å². The molecule has 2 aromatic carbocycles. The first-order valence-corrected chi connectivity index (χ1v) is 11.7. The van der Waals surface area contributed by atoms with Crippen LogP contribution in [0.2, 0.25) is 0 Å². The van der Waals surface area contributed by atoms with Crippen molar-refractivity contribution in [3.05, 3.63) is 71.7 Å². The van der Waals surface area contributed by atoms with E-state index in [4.69, 9.17) is 4.42 Å². The van der Waals surface area contributed by atoms with Crippen LogP contribution in [-0.4, -0.2) is 67.7 Å². The third-order valence-electron chi connectivity index (χ3n) is 6.28. The lowest BCUT2D eigenvalue weighted by atomic mass is 10.1. The Morgan fingerprint density at radius 3 is 2.06 bits per heavy atom. The van der Waals surface area contributed by atoms with Gasteiger partial charge in [0.15, 0.2) is 0 Å². The van der Waals surface area contributed by atoms with Crippen molar-refractivity contribution in [2.75, 3.05) is 32.7 Å². The number of aromatic nitrogens is 5. The molecule has 0 radical (unpaired) electrons. The molecule has 1 fully saturated rings. The molecule has 182 valence electrons. The number of nitrogens with zero attached hydrogens (tertiary/aromatic N) is 7. The standard InChI is InChI=1S/C25H27F2N7O/c1-2-32-11-13-33(14-12-32)15-18-3-7-20(8-4-18)22-17-34(31-28-22)16-19-5-9-21(10-6-19)24-29-30-25(35-24)23(26)27/h3-10,17,23H,2,11-16H2,1H3. The SMILES string of the molecule is CCN1CCN(Cc2ccc(-c3cn(Cc4ccc(-c5nnc(C(F)F)o5)cc4)nn3)cc2)CC1. The van der Waals surface area contributed by atoms with Crippen LogP contribution in [0.3, 0.4) is 0 Å². The van der Waals surface area contributed by atoms with E-state index >= 15 is 0 Å². The van der Waals surface area contributed by atoms with E-state index in [1.807, 2.05) is 18.3 Å². The van der Waals surface area contributed by atoms with E-state index in [0.29, 0.717) is 12.1 Å². The van der Waals surface area contributed by atoms with Crippen molar-refractivity contribution < 1.29 is 13.2 Å². The summed E-state index contributed by atoms with van der Waals surface area (Å²) in [5.41, 5.74) is 4.71. The van der Waals surface area contributed by atoms with Crippen LogP contribution in [0.5, 0.6) is 0 Å². The highest BCUT2D eigenvalue weighted by Crippen LogP contribution is 2.24. The zero-order chi connectivity index (χ0) is 24.2. The second-order valence-corrected chi connectivity index (χ2v) is 8.65. The topological polar surface area (TPSA) is 76.1 Å². The Morgan fingerprint density at radius 2 is 1.43 bits per heavy atom. The van der Waals surface area contributed by atoms with E-state index in [0.717, 1.165) is 56.1 Å². The zero-order valence-electron chi connectivity index (χ0n) is 19.5. The fourth-order valence-corrected chi connectivity index (χ4v) is 4.19. The number of rotatable bonds is 8. The van der Waals surface area contributed by atoms with Gasteiger partial charge in [0.1, 0.15) is 5.69 Å². The lowest BCUT2D eigenvalue weighted by molar-refractivity contribution is 0.116. The van der Waals surface area contributed by atoms with Gasteiger partial charge in [-0.25, -0.2) is 4.68 Å².